The predicted molar refractivity (Wildman–Crippen MR) is 81.7 cm³/mol. The molecule has 1 aromatic heterocycles. The van der Waals surface area contributed by atoms with Crippen LogP contribution in [0.25, 0.3) is 0 Å². The molecular weight excluding hydrogens is 268 g/mol. The van der Waals surface area contributed by atoms with Crippen molar-refractivity contribution in [3.8, 4) is 0 Å². The molecule has 2 aliphatic rings. The van der Waals surface area contributed by atoms with Gasteiger partial charge in [-0.15, -0.1) is 0 Å². The highest BCUT2D eigenvalue weighted by Gasteiger charge is 2.30. The zero-order valence-electron chi connectivity index (χ0n) is 12.2. The number of piperidine rings is 1. The lowest BCUT2D eigenvalue weighted by Crippen LogP contribution is -2.41. The molecule has 2 aliphatic heterocycles. The average Bonchev–Trinajstić information content (AvgIpc) is 2.98. The number of aromatic nitrogens is 1. The number of nitrogen functional groups attached to an aromatic ring is 1. The van der Waals surface area contributed by atoms with Crippen molar-refractivity contribution in [2.45, 2.75) is 31.7 Å². The Kier molecular flexibility index (Phi) is 3.96. The number of nitrogens with two attached hydrogens (primary N) is 1. The molecule has 6 heteroatoms. The highest BCUT2D eigenvalue weighted by atomic mass is 16.4. The first-order valence-corrected chi connectivity index (χ1v) is 7.63. The SMILES string of the molecule is Nc1c(C(=O)O)ccnc1N1CCC(N2CCCCC2)C1. The van der Waals surface area contributed by atoms with Gasteiger partial charge in [-0.25, -0.2) is 9.78 Å². The number of pyridine rings is 1. The van der Waals surface area contributed by atoms with E-state index in [1.54, 1.807) is 0 Å². The Balaban J connectivity index is 1.74. The zero-order valence-corrected chi connectivity index (χ0v) is 12.2. The Morgan fingerprint density at radius 3 is 2.76 bits per heavy atom. The summed E-state index contributed by atoms with van der Waals surface area (Å²) >= 11 is 0. The van der Waals surface area contributed by atoms with E-state index < -0.39 is 5.97 Å². The van der Waals surface area contributed by atoms with Crippen LogP contribution in [0.2, 0.25) is 0 Å². The van der Waals surface area contributed by atoms with E-state index in [0.29, 0.717) is 11.9 Å². The van der Waals surface area contributed by atoms with E-state index in [-0.39, 0.29) is 11.3 Å². The number of carbonyl (C=O) groups is 1. The number of likely N-dealkylation sites (tertiary alicyclic amines) is 1. The van der Waals surface area contributed by atoms with Gasteiger partial charge in [0.2, 0.25) is 0 Å². The van der Waals surface area contributed by atoms with Gasteiger partial charge in [0.15, 0.2) is 5.82 Å². The molecule has 0 saturated carbocycles. The lowest BCUT2D eigenvalue weighted by Gasteiger charge is -2.32. The number of carboxylic acids is 1. The van der Waals surface area contributed by atoms with Gasteiger partial charge in [0.25, 0.3) is 0 Å². The third-order valence-electron chi connectivity index (χ3n) is 4.57. The van der Waals surface area contributed by atoms with E-state index >= 15 is 0 Å². The number of hydrogen-bond donors (Lipinski definition) is 2. The highest BCUT2D eigenvalue weighted by molar-refractivity contribution is 5.96. The van der Waals surface area contributed by atoms with Crippen LogP contribution in [0.1, 0.15) is 36.0 Å². The molecule has 0 bridgehead atoms. The third-order valence-corrected chi connectivity index (χ3v) is 4.57. The van der Waals surface area contributed by atoms with Gasteiger partial charge in [-0.2, -0.15) is 0 Å². The summed E-state index contributed by atoms with van der Waals surface area (Å²) in [5.74, 6) is -0.377. The van der Waals surface area contributed by atoms with Crippen molar-refractivity contribution in [1.82, 2.24) is 9.88 Å². The maximum Gasteiger partial charge on any atom is 0.337 e. The Hall–Kier alpha value is -1.82. The standard InChI is InChI=1S/C15H22N4O2/c16-13-12(15(20)21)4-6-17-14(13)19-9-5-11(10-19)18-7-2-1-3-8-18/h4,6,11H,1-3,5,7-10,16H2,(H,20,21). The molecule has 3 rings (SSSR count). The summed E-state index contributed by atoms with van der Waals surface area (Å²) in [6.07, 6.45) is 6.53. The quantitative estimate of drug-likeness (QED) is 0.876. The molecule has 0 amide bonds. The summed E-state index contributed by atoms with van der Waals surface area (Å²) in [5, 5.41) is 9.15. The van der Waals surface area contributed by atoms with Gasteiger partial charge >= 0.3 is 5.97 Å². The molecule has 2 fully saturated rings. The maximum atomic E-state index is 11.2. The van der Waals surface area contributed by atoms with Crippen molar-refractivity contribution in [1.29, 1.82) is 0 Å². The van der Waals surface area contributed by atoms with Crippen molar-refractivity contribution < 1.29 is 9.90 Å². The Morgan fingerprint density at radius 2 is 2.05 bits per heavy atom. The predicted octanol–water partition coefficient (Wildman–Crippen LogP) is 1.43. The van der Waals surface area contributed by atoms with Gasteiger partial charge in [0.05, 0.1) is 11.3 Å². The van der Waals surface area contributed by atoms with Crippen LogP contribution in [0.4, 0.5) is 11.5 Å². The number of nitrogens with zero attached hydrogens (tertiary/aromatic N) is 3. The molecule has 3 N–H and O–H groups in total. The molecule has 3 heterocycles. The third kappa shape index (κ3) is 2.81. The number of rotatable bonds is 3. The fourth-order valence-corrected chi connectivity index (χ4v) is 3.42. The summed E-state index contributed by atoms with van der Waals surface area (Å²) in [5.41, 5.74) is 6.41. The molecule has 1 atom stereocenters. The molecule has 6 nitrogen and oxygen atoms in total. The molecule has 0 aliphatic carbocycles. The molecule has 114 valence electrons. The lowest BCUT2D eigenvalue weighted by molar-refractivity contribution is 0.0698. The number of aromatic carboxylic acids is 1. The van der Waals surface area contributed by atoms with E-state index in [1.807, 2.05) is 0 Å². The normalized spacial score (nSPS) is 23.4. The molecule has 1 unspecified atom stereocenters. The van der Waals surface area contributed by atoms with Crippen molar-refractivity contribution in [3.05, 3.63) is 17.8 Å². The number of hydrogen-bond acceptors (Lipinski definition) is 5. The molecule has 0 aromatic carbocycles. The van der Waals surface area contributed by atoms with Gasteiger partial charge in [-0.3, -0.25) is 4.90 Å². The van der Waals surface area contributed by atoms with Crippen LogP contribution in [0.15, 0.2) is 12.3 Å². The summed E-state index contributed by atoms with van der Waals surface area (Å²) in [4.78, 5) is 20.2. The van der Waals surface area contributed by atoms with Crippen LogP contribution in [0, 0.1) is 0 Å². The monoisotopic (exact) mass is 290 g/mol. The summed E-state index contributed by atoms with van der Waals surface area (Å²) < 4.78 is 0. The van der Waals surface area contributed by atoms with Crippen LogP contribution in [0.3, 0.4) is 0 Å². The van der Waals surface area contributed by atoms with Gasteiger partial charge in [0.1, 0.15) is 0 Å². The average molecular weight is 290 g/mol. The molecule has 21 heavy (non-hydrogen) atoms. The van der Waals surface area contributed by atoms with Crippen LogP contribution in [-0.4, -0.2) is 53.2 Å². The minimum Gasteiger partial charge on any atom is -0.478 e. The maximum absolute atomic E-state index is 11.2. The van der Waals surface area contributed by atoms with Crippen molar-refractivity contribution >= 4 is 17.5 Å². The zero-order chi connectivity index (χ0) is 14.8. The molecule has 0 radical (unpaired) electrons. The second kappa shape index (κ2) is 5.89. The van der Waals surface area contributed by atoms with Gasteiger partial charge < -0.3 is 15.7 Å². The summed E-state index contributed by atoms with van der Waals surface area (Å²) in [6, 6.07) is 2.00. The van der Waals surface area contributed by atoms with Crippen LogP contribution < -0.4 is 10.6 Å². The Morgan fingerprint density at radius 1 is 1.29 bits per heavy atom. The fraction of sp³-hybridized carbons (Fsp3) is 0.600. The second-order valence-electron chi connectivity index (χ2n) is 5.89. The van der Waals surface area contributed by atoms with Crippen molar-refractivity contribution in [2.24, 2.45) is 0 Å². The van der Waals surface area contributed by atoms with Crippen LogP contribution >= 0.6 is 0 Å². The Bertz CT molecular complexity index is 528. The van der Waals surface area contributed by atoms with Crippen molar-refractivity contribution in [3.63, 3.8) is 0 Å². The Labute approximate surface area is 124 Å². The summed E-state index contributed by atoms with van der Waals surface area (Å²) in [7, 11) is 0. The minimum absolute atomic E-state index is 0.140. The number of anilines is 2. The van der Waals surface area contributed by atoms with Crippen LogP contribution in [0.5, 0.6) is 0 Å². The minimum atomic E-state index is -0.997. The summed E-state index contributed by atoms with van der Waals surface area (Å²) in [6.45, 7) is 4.13. The largest absolute Gasteiger partial charge is 0.478 e. The fourth-order valence-electron chi connectivity index (χ4n) is 3.42. The first-order valence-electron chi connectivity index (χ1n) is 7.63. The van der Waals surface area contributed by atoms with E-state index in [1.165, 1.54) is 44.6 Å². The first-order chi connectivity index (χ1) is 10.2. The van der Waals surface area contributed by atoms with Gasteiger partial charge in [-0.05, 0) is 38.4 Å². The lowest BCUT2D eigenvalue weighted by atomic mass is 10.1. The van der Waals surface area contributed by atoms with Crippen LogP contribution in [-0.2, 0) is 0 Å². The smallest absolute Gasteiger partial charge is 0.337 e. The topological polar surface area (TPSA) is 82.7 Å². The van der Waals surface area contributed by atoms with E-state index in [0.717, 1.165) is 19.5 Å². The van der Waals surface area contributed by atoms with Crippen molar-refractivity contribution in [2.75, 3.05) is 36.8 Å². The van der Waals surface area contributed by atoms with Gasteiger partial charge in [-0.1, -0.05) is 6.42 Å². The molecular formula is C15H22N4O2. The highest BCUT2D eigenvalue weighted by Crippen LogP contribution is 2.29. The molecule has 2 saturated heterocycles. The van der Waals surface area contributed by atoms with Gasteiger partial charge in [0, 0.05) is 25.3 Å². The molecule has 1 aromatic rings. The number of carboxylic acid groups (broad SMARTS) is 1. The second-order valence-corrected chi connectivity index (χ2v) is 5.89. The molecule has 0 spiro atoms. The first kappa shape index (κ1) is 14.1. The van der Waals surface area contributed by atoms with E-state index in [2.05, 4.69) is 14.8 Å². The van der Waals surface area contributed by atoms with E-state index in [4.69, 9.17) is 10.8 Å². The van der Waals surface area contributed by atoms with E-state index in [9.17, 15) is 4.79 Å².